The van der Waals surface area contributed by atoms with Crippen LogP contribution in [0, 0.1) is 0 Å². The van der Waals surface area contributed by atoms with Gasteiger partial charge >= 0.3 is 0 Å². The first-order valence-corrected chi connectivity index (χ1v) is 12.1. The van der Waals surface area contributed by atoms with Crippen LogP contribution in [0.15, 0.2) is 87.2 Å². The van der Waals surface area contributed by atoms with Crippen molar-refractivity contribution >= 4 is 44.6 Å². The van der Waals surface area contributed by atoms with Crippen LogP contribution >= 0.6 is 15.9 Å². The van der Waals surface area contributed by atoms with Gasteiger partial charge in [-0.15, -0.1) is 0 Å². The van der Waals surface area contributed by atoms with Gasteiger partial charge in [0.25, 0.3) is 11.5 Å². The summed E-state index contributed by atoms with van der Waals surface area (Å²) in [4.78, 5) is 30.1. The summed E-state index contributed by atoms with van der Waals surface area (Å²) in [5, 5.41) is 7.76. The highest BCUT2D eigenvalue weighted by atomic mass is 79.9. The fraction of sp³-hybridized carbons (Fsp3) is 0.185. The summed E-state index contributed by atoms with van der Waals surface area (Å²) < 4.78 is 7.81. The van der Waals surface area contributed by atoms with Crippen LogP contribution in [0.3, 0.4) is 0 Å². The Morgan fingerprint density at radius 3 is 2.71 bits per heavy atom. The van der Waals surface area contributed by atoms with Crippen molar-refractivity contribution in [2.75, 3.05) is 11.9 Å². The molecular weight excluding hydrogens is 508 g/mol. The van der Waals surface area contributed by atoms with Crippen molar-refractivity contribution < 1.29 is 9.53 Å². The van der Waals surface area contributed by atoms with Gasteiger partial charge in [-0.1, -0.05) is 60.1 Å². The smallest absolute Gasteiger partial charge is 0.282 e. The van der Waals surface area contributed by atoms with Gasteiger partial charge in [-0.2, -0.15) is 9.78 Å². The number of hydrogen-bond acceptors (Lipinski definition) is 5. The molecule has 0 spiro atoms. The van der Waals surface area contributed by atoms with Gasteiger partial charge < -0.3 is 10.1 Å². The van der Waals surface area contributed by atoms with Crippen LogP contribution in [-0.4, -0.2) is 28.4 Å². The second-order valence-electron chi connectivity index (χ2n) is 8.08. The minimum Gasteiger partial charge on any atom is -0.484 e. The molecule has 4 rings (SSSR count). The molecule has 0 bridgehead atoms. The Morgan fingerprint density at radius 1 is 1.14 bits per heavy atom. The molecule has 3 aromatic carbocycles. The summed E-state index contributed by atoms with van der Waals surface area (Å²) in [7, 11) is 0. The molecular formula is C27H25BrN4O3. The summed E-state index contributed by atoms with van der Waals surface area (Å²) in [5.41, 5.74) is 1.85. The minimum absolute atomic E-state index is 0.0469. The van der Waals surface area contributed by atoms with Crippen molar-refractivity contribution in [1.29, 1.82) is 0 Å². The molecule has 0 saturated heterocycles. The Hall–Kier alpha value is -3.78. The Labute approximate surface area is 211 Å². The molecule has 8 heteroatoms. The van der Waals surface area contributed by atoms with Gasteiger partial charge in [0.15, 0.2) is 6.61 Å². The number of para-hydroxylation sites is 1. The second kappa shape index (κ2) is 11.1. The lowest BCUT2D eigenvalue weighted by Gasteiger charge is -2.14. The van der Waals surface area contributed by atoms with E-state index in [1.54, 1.807) is 30.5 Å². The second-order valence-corrected chi connectivity index (χ2v) is 8.99. The number of rotatable bonds is 8. The summed E-state index contributed by atoms with van der Waals surface area (Å²) in [6.45, 7) is 3.94. The molecule has 0 aliphatic rings. The number of anilines is 1. The van der Waals surface area contributed by atoms with Crippen LogP contribution in [0.2, 0.25) is 0 Å². The van der Waals surface area contributed by atoms with E-state index < -0.39 is 0 Å². The number of carbonyl (C=O) groups is 1. The van der Waals surface area contributed by atoms with E-state index in [1.807, 2.05) is 62.4 Å². The number of carbonyl (C=O) groups excluding carboxylic acids is 1. The number of fused-ring (bicyclic) bond motifs is 1. The Balaban J connectivity index is 1.55. The van der Waals surface area contributed by atoms with Crippen molar-refractivity contribution in [3.8, 4) is 5.75 Å². The molecule has 1 amide bonds. The average Bonchev–Trinajstić information content (AvgIpc) is 2.87. The molecule has 0 radical (unpaired) electrons. The number of nitrogens with zero attached hydrogens (tertiary/aromatic N) is 3. The number of amides is 1. The summed E-state index contributed by atoms with van der Waals surface area (Å²) in [6, 6.07) is 21.8. The molecule has 0 aliphatic heterocycles. The fourth-order valence-electron chi connectivity index (χ4n) is 3.46. The number of aromatic nitrogens is 2. The van der Waals surface area contributed by atoms with Gasteiger partial charge in [0.2, 0.25) is 0 Å². The molecule has 1 heterocycles. The van der Waals surface area contributed by atoms with Crippen LogP contribution < -0.4 is 15.6 Å². The summed E-state index contributed by atoms with van der Waals surface area (Å²) in [5.74, 6) is 0.917. The number of halogens is 1. The maximum absolute atomic E-state index is 13.3. The Kier molecular flexibility index (Phi) is 7.72. The fourth-order valence-corrected chi connectivity index (χ4v) is 3.82. The maximum atomic E-state index is 13.3. The number of benzene rings is 3. The third-order valence-corrected chi connectivity index (χ3v) is 5.99. The highest BCUT2D eigenvalue weighted by molar-refractivity contribution is 9.10. The Morgan fingerprint density at radius 2 is 1.94 bits per heavy atom. The van der Waals surface area contributed by atoms with E-state index >= 15 is 0 Å². The van der Waals surface area contributed by atoms with Crippen LogP contribution in [0.1, 0.15) is 37.6 Å². The van der Waals surface area contributed by atoms with Crippen molar-refractivity contribution in [3.63, 3.8) is 0 Å². The highest BCUT2D eigenvalue weighted by Gasteiger charge is 2.15. The van der Waals surface area contributed by atoms with Gasteiger partial charge in [-0.3, -0.25) is 9.59 Å². The van der Waals surface area contributed by atoms with Gasteiger partial charge in [0, 0.05) is 16.1 Å². The largest absolute Gasteiger partial charge is 0.484 e. The number of ether oxygens (including phenoxy) is 1. The molecule has 0 aliphatic carbocycles. The van der Waals surface area contributed by atoms with Crippen molar-refractivity contribution in [2.45, 2.75) is 26.2 Å². The third kappa shape index (κ3) is 6.02. The molecule has 0 fully saturated rings. The average molecular weight is 533 g/mol. The SMILES string of the molecule is CC[C@H](C)c1nc2ccc(Br)cc2c(=O)n1N=Cc1cccc(OCC(=O)Nc2ccccc2)c1. The maximum Gasteiger partial charge on any atom is 0.282 e. The zero-order chi connectivity index (χ0) is 24.8. The first kappa shape index (κ1) is 24.3. The molecule has 4 aromatic rings. The monoisotopic (exact) mass is 532 g/mol. The van der Waals surface area contributed by atoms with Crippen molar-refractivity contribution in [1.82, 2.24) is 9.66 Å². The van der Waals surface area contributed by atoms with E-state index in [-0.39, 0.29) is 24.0 Å². The molecule has 35 heavy (non-hydrogen) atoms. The van der Waals surface area contributed by atoms with E-state index in [9.17, 15) is 9.59 Å². The van der Waals surface area contributed by atoms with Crippen LogP contribution in [-0.2, 0) is 4.79 Å². The van der Waals surface area contributed by atoms with Crippen LogP contribution in [0.25, 0.3) is 10.9 Å². The standard InChI is InChI=1S/C27H25BrN4O3/c1-3-18(2)26-31-24-13-12-20(28)15-23(24)27(34)32(26)29-16-19-8-7-11-22(14-19)35-17-25(33)30-21-9-5-4-6-10-21/h4-16,18H,3,17H2,1-2H3,(H,30,33)/t18-/m0/s1. The van der Waals surface area contributed by atoms with Gasteiger partial charge in [-0.25, -0.2) is 4.98 Å². The number of hydrogen-bond donors (Lipinski definition) is 1. The quantitative estimate of drug-likeness (QED) is 0.300. The molecule has 0 saturated carbocycles. The van der Waals surface area contributed by atoms with E-state index in [0.717, 1.165) is 16.5 Å². The lowest BCUT2D eigenvalue weighted by molar-refractivity contribution is -0.118. The van der Waals surface area contributed by atoms with Gasteiger partial charge in [-0.05, 0) is 54.4 Å². The zero-order valence-corrected chi connectivity index (χ0v) is 21.0. The normalized spacial score (nSPS) is 12.1. The van der Waals surface area contributed by atoms with E-state index in [0.29, 0.717) is 28.2 Å². The van der Waals surface area contributed by atoms with E-state index in [2.05, 4.69) is 26.3 Å². The number of nitrogens with one attached hydrogen (secondary N) is 1. The topological polar surface area (TPSA) is 85.6 Å². The summed E-state index contributed by atoms with van der Waals surface area (Å²) >= 11 is 3.42. The summed E-state index contributed by atoms with van der Waals surface area (Å²) in [6.07, 6.45) is 2.41. The van der Waals surface area contributed by atoms with Crippen LogP contribution in [0.5, 0.6) is 5.75 Å². The minimum atomic E-state index is -0.256. The third-order valence-electron chi connectivity index (χ3n) is 5.49. The van der Waals surface area contributed by atoms with Crippen molar-refractivity contribution in [2.24, 2.45) is 5.10 Å². The van der Waals surface area contributed by atoms with E-state index in [1.165, 1.54) is 4.68 Å². The van der Waals surface area contributed by atoms with Gasteiger partial charge in [0.05, 0.1) is 17.1 Å². The first-order valence-electron chi connectivity index (χ1n) is 11.3. The Bertz CT molecular complexity index is 1430. The molecule has 1 aromatic heterocycles. The van der Waals surface area contributed by atoms with E-state index in [4.69, 9.17) is 9.72 Å². The zero-order valence-electron chi connectivity index (χ0n) is 19.4. The molecule has 7 nitrogen and oxygen atoms in total. The highest BCUT2D eigenvalue weighted by Crippen LogP contribution is 2.21. The lowest BCUT2D eigenvalue weighted by atomic mass is 10.1. The predicted octanol–water partition coefficient (Wildman–Crippen LogP) is 5.57. The lowest BCUT2D eigenvalue weighted by Crippen LogP contribution is -2.23. The van der Waals surface area contributed by atoms with Crippen molar-refractivity contribution in [3.05, 3.63) is 99.0 Å². The molecule has 1 atom stereocenters. The molecule has 0 unspecified atom stereocenters. The van der Waals surface area contributed by atoms with Crippen LogP contribution in [0.4, 0.5) is 5.69 Å². The predicted molar refractivity (Wildman–Crippen MR) is 142 cm³/mol. The first-order chi connectivity index (χ1) is 16.9. The van der Waals surface area contributed by atoms with Gasteiger partial charge in [0.1, 0.15) is 11.6 Å². The molecule has 178 valence electrons. The molecule has 1 N–H and O–H groups in total.